The minimum atomic E-state index is -0.223. The molecule has 0 aliphatic rings. The molecule has 0 radical (unpaired) electrons. The number of anilines is 1. The Bertz CT molecular complexity index is 736. The predicted molar refractivity (Wildman–Crippen MR) is 70.3 cm³/mol. The molecule has 11 heteroatoms. The smallest absolute Gasteiger partial charge is 0.273 e. The van der Waals surface area contributed by atoms with Gasteiger partial charge in [0.2, 0.25) is 11.1 Å². The topological polar surface area (TPSA) is 129 Å². The molecule has 0 fully saturated rings. The van der Waals surface area contributed by atoms with Crippen molar-refractivity contribution in [3.8, 4) is 0 Å². The van der Waals surface area contributed by atoms with Gasteiger partial charge >= 0.3 is 0 Å². The van der Waals surface area contributed by atoms with Crippen molar-refractivity contribution in [2.75, 3.05) is 16.9 Å². The fraction of sp³-hybridized carbons (Fsp3) is 0.111. The molecule has 0 saturated heterocycles. The van der Waals surface area contributed by atoms with E-state index in [1.807, 2.05) is 0 Å². The van der Waals surface area contributed by atoms with E-state index >= 15 is 0 Å². The molecule has 3 N–H and O–H groups in total. The predicted octanol–water partition coefficient (Wildman–Crippen LogP) is -0.840. The third-order valence-corrected chi connectivity index (χ3v) is 3.20. The van der Waals surface area contributed by atoms with Crippen molar-refractivity contribution in [1.29, 1.82) is 0 Å². The molecule has 0 aliphatic carbocycles. The Labute approximate surface area is 116 Å². The molecule has 0 unspecified atom stereocenters. The minimum Gasteiger partial charge on any atom is -0.335 e. The largest absolute Gasteiger partial charge is 0.335 e. The molecule has 3 aromatic heterocycles. The Balaban J connectivity index is 1.63. The number of thioether (sulfide) groups is 1. The summed E-state index contributed by atoms with van der Waals surface area (Å²) in [6, 6.07) is 0. The van der Waals surface area contributed by atoms with Crippen LogP contribution in [0.2, 0.25) is 0 Å². The van der Waals surface area contributed by atoms with Crippen LogP contribution in [0, 0.1) is 0 Å². The molecule has 10 nitrogen and oxygen atoms in total. The quantitative estimate of drug-likeness (QED) is 0.470. The molecule has 20 heavy (non-hydrogen) atoms. The molecular formula is C9H9N9OS. The number of nitrogens with zero attached hydrogens (tertiary/aromatic N) is 7. The number of rotatable bonds is 4. The van der Waals surface area contributed by atoms with Crippen LogP contribution in [-0.2, 0) is 4.79 Å². The Kier molecular flexibility index (Phi) is 3.16. The summed E-state index contributed by atoms with van der Waals surface area (Å²) in [6.07, 6.45) is 5.90. The molecule has 0 atom stereocenters. The SMILES string of the molecule is Nn1cnn2c(SCC(=O)Nc3cnccn3)nnc12. The number of hydrogen-bond acceptors (Lipinski definition) is 8. The van der Waals surface area contributed by atoms with E-state index in [1.165, 1.54) is 45.9 Å². The third-order valence-electron chi connectivity index (χ3n) is 2.28. The average Bonchev–Trinajstić information content (AvgIpc) is 3.01. The maximum Gasteiger partial charge on any atom is 0.273 e. The molecule has 0 aromatic carbocycles. The second-order valence-electron chi connectivity index (χ2n) is 3.66. The van der Waals surface area contributed by atoms with Crippen LogP contribution < -0.4 is 11.2 Å². The maximum atomic E-state index is 11.7. The third kappa shape index (κ3) is 2.38. The van der Waals surface area contributed by atoms with Gasteiger partial charge in [0.1, 0.15) is 6.33 Å². The van der Waals surface area contributed by atoms with E-state index in [1.54, 1.807) is 0 Å². The summed E-state index contributed by atoms with van der Waals surface area (Å²) in [4.78, 5) is 19.5. The average molecular weight is 291 g/mol. The number of carbonyl (C=O) groups excluding carboxylic acids is 1. The Morgan fingerprint density at radius 1 is 1.40 bits per heavy atom. The lowest BCUT2D eigenvalue weighted by atomic mass is 10.6. The van der Waals surface area contributed by atoms with Crippen molar-refractivity contribution in [3.05, 3.63) is 24.9 Å². The molecule has 0 bridgehead atoms. The lowest BCUT2D eigenvalue weighted by molar-refractivity contribution is -0.113. The normalized spacial score (nSPS) is 10.8. The van der Waals surface area contributed by atoms with E-state index in [9.17, 15) is 4.79 Å². The van der Waals surface area contributed by atoms with E-state index in [0.717, 1.165) is 0 Å². The first-order chi connectivity index (χ1) is 9.74. The van der Waals surface area contributed by atoms with Gasteiger partial charge < -0.3 is 11.2 Å². The van der Waals surface area contributed by atoms with E-state index in [2.05, 4.69) is 30.6 Å². The molecule has 3 aromatic rings. The molecule has 102 valence electrons. The van der Waals surface area contributed by atoms with Gasteiger partial charge in [0, 0.05) is 12.4 Å². The highest BCUT2D eigenvalue weighted by molar-refractivity contribution is 7.99. The standard InChI is InChI=1S/C9H9N9OS/c10-17-5-13-18-8(17)15-16-9(18)20-4-7(19)14-6-3-11-1-2-12-6/h1-3,5H,4,10H2,(H,12,14,19). The zero-order chi connectivity index (χ0) is 13.9. The highest BCUT2D eigenvalue weighted by Crippen LogP contribution is 2.15. The van der Waals surface area contributed by atoms with Crippen LogP contribution in [0.1, 0.15) is 0 Å². The number of nitrogens with two attached hydrogens (primary N) is 1. The van der Waals surface area contributed by atoms with Gasteiger partial charge in [0.25, 0.3) is 5.78 Å². The second kappa shape index (κ2) is 5.13. The molecule has 0 spiro atoms. The lowest BCUT2D eigenvalue weighted by Gasteiger charge is -2.01. The summed E-state index contributed by atoms with van der Waals surface area (Å²) in [5.41, 5.74) is 0. The van der Waals surface area contributed by atoms with E-state index in [4.69, 9.17) is 5.84 Å². The first-order valence-corrected chi connectivity index (χ1v) is 6.45. The van der Waals surface area contributed by atoms with Gasteiger partial charge in [0.15, 0.2) is 5.82 Å². The first-order valence-electron chi connectivity index (χ1n) is 5.46. The van der Waals surface area contributed by atoms with Crippen LogP contribution in [-0.4, -0.2) is 46.1 Å². The molecule has 3 heterocycles. The molecule has 3 rings (SSSR count). The number of hydrogen-bond donors (Lipinski definition) is 2. The van der Waals surface area contributed by atoms with E-state index in [-0.39, 0.29) is 11.7 Å². The summed E-state index contributed by atoms with van der Waals surface area (Å²) in [6.45, 7) is 0. The van der Waals surface area contributed by atoms with E-state index < -0.39 is 0 Å². The number of amides is 1. The zero-order valence-corrected chi connectivity index (χ0v) is 10.9. The Hall–Kier alpha value is -2.69. The van der Waals surface area contributed by atoms with Crippen LogP contribution >= 0.6 is 11.8 Å². The van der Waals surface area contributed by atoms with Crippen molar-refractivity contribution in [2.24, 2.45) is 0 Å². The van der Waals surface area contributed by atoms with E-state index in [0.29, 0.717) is 16.8 Å². The fourth-order valence-corrected chi connectivity index (χ4v) is 2.12. The van der Waals surface area contributed by atoms with Crippen LogP contribution in [0.15, 0.2) is 30.1 Å². The van der Waals surface area contributed by atoms with Crippen LogP contribution in [0.5, 0.6) is 0 Å². The van der Waals surface area contributed by atoms with Gasteiger partial charge in [-0.2, -0.15) is 9.61 Å². The van der Waals surface area contributed by atoms with Crippen LogP contribution in [0.4, 0.5) is 5.82 Å². The monoisotopic (exact) mass is 291 g/mol. The molecular weight excluding hydrogens is 282 g/mol. The van der Waals surface area contributed by atoms with Crippen molar-refractivity contribution >= 4 is 29.3 Å². The second-order valence-corrected chi connectivity index (χ2v) is 4.60. The lowest BCUT2D eigenvalue weighted by Crippen LogP contribution is -2.15. The van der Waals surface area contributed by atoms with Crippen molar-refractivity contribution < 1.29 is 4.79 Å². The van der Waals surface area contributed by atoms with Gasteiger partial charge in [0.05, 0.1) is 11.9 Å². The molecule has 1 amide bonds. The van der Waals surface area contributed by atoms with Gasteiger partial charge in [-0.05, 0) is 0 Å². The van der Waals surface area contributed by atoms with Gasteiger partial charge in [-0.15, -0.1) is 10.2 Å². The number of fused-ring (bicyclic) bond motifs is 1. The summed E-state index contributed by atoms with van der Waals surface area (Å²) < 4.78 is 2.71. The number of aromatic nitrogens is 7. The zero-order valence-electron chi connectivity index (χ0n) is 10.0. The highest BCUT2D eigenvalue weighted by Gasteiger charge is 2.12. The molecule has 0 saturated carbocycles. The number of carbonyl (C=O) groups is 1. The Morgan fingerprint density at radius 2 is 2.30 bits per heavy atom. The fourth-order valence-electron chi connectivity index (χ4n) is 1.44. The minimum absolute atomic E-state index is 0.148. The highest BCUT2D eigenvalue weighted by atomic mass is 32.2. The van der Waals surface area contributed by atoms with Crippen molar-refractivity contribution in [2.45, 2.75) is 5.16 Å². The van der Waals surface area contributed by atoms with Gasteiger partial charge in [-0.25, -0.2) is 9.66 Å². The first kappa shape index (κ1) is 12.3. The van der Waals surface area contributed by atoms with Gasteiger partial charge in [-0.1, -0.05) is 11.8 Å². The number of nitrogen functional groups attached to an aromatic ring is 1. The van der Waals surface area contributed by atoms with Crippen molar-refractivity contribution in [3.63, 3.8) is 0 Å². The van der Waals surface area contributed by atoms with Gasteiger partial charge in [-0.3, -0.25) is 9.78 Å². The maximum absolute atomic E-state index is 11.7. The van der Waals surface area contributed by atoms with Crippen LogP contribution in [0.3, 0.4) is 0 Å². The summed E-state index contributed by atoms with van der Waals surface area (Å²) in [5, 5.41) is 14.8. The van der Waals surface area contributed by atoms with Crippen LogP contribution in [0.25, 0.3) is 5.78 Å². The summed E-state index contributed by atoms with van der Waals surface area (Å²) in [5.74, 6) is 6.30. The summed E-state index contributed by atoms with van der Waals surface area (Å²) >= 11 is 1.19. The molecule has 0 aliphatic heterocycles. The number of nitrogens with one attached hydrogen (secondary N) is 1. The van der Waals surface area contributed by atoms with Crippen molar-refractivity contribution in [1.82, 2.24) is 34.5 Å². The Morgan fingerprint density at radius 3 is 3.10 bits per heavy atom. The summed E-state index contributed by atoms with van der Waals surface area (Å²) in [7, 11) is 0.